The second-order valence-electron chi connectivity index (χ2n) is 6.58. The average molecular weight is 375 g/mol. The number of morpholine rings is 1. The van der Waals surface area contributed by atoms with E-state index >= 15 is 0 Å². The molecule has 0 spiro atoms. The van der Waals surface area contributed by atoms with Gasteiger partial charge in [-0.3, -0.25) is 9.69 Å². The van der Waals surface area contributed by atoms with Crippen LogP contribution in [0.3, 0.4) is 0 Å². The summed E-state index contributed by atoms with van der Waals surface area (Å²) in [6, 6.07) is 11.7. The summed E-state index contributed by atoms with van der Waals surface area (Å²) in [5, 5.41) is 5.17. The molecule has 3 rings (SSSR count). The number of thiophene rings is 1. The molecule has 0 unspecified atom stereocenters. The van der Waals surface area contributed by atoms with E-state index in [0.717, 1.165) is 32.1 Å². The van der Waals surface area contributed by atoms with Crippen molar-refractivity contribution in [1.82, 2.24) is 10.2 Å². The molecule has 1 saturated heterocycles. The Labute approximate surface area is 158 Å². The van der Waals surface area contributed by atoms with Crippen LogP contribution in [0.15, 0.2) is 41.8 Å². The van der Waals surface area contributed by atoms with Gasteiger partial charge in [0.1, 0.15) is 5.75 Å². The van der Waals surface area contributed by atoms with E-state index < -0.39 is 0 Å². The number of carbonyl (C=O) groups is 1. The van der Waals surface area contributed by atoms with Crippen LogP contribution in [0, 0.1) is 0 Å². The summed E-state index contributed by atoms with van der Waals surface area (Å²) in [7, 11) is 0. The Kier molecular flexibility index (Phi) is 6.66. The fourth-order valence-corrected chi connectivity index (χ4v) is 3.89. The number of hydrogen-bond donors (Lipinski definition) is 1. The van der Waals surface area contributed by atoms with Crippen LogP contribution < -0.4 is 10.1 Å². The molecule has 1 aromatic carbocycles. The van der Waals surface area contributed by atoms with Crippen molar-refractivity contribution < 1.29 is 14.3 Å². The van der Waals surface area contributed by atoms with E-state index in [2.05, 4.69) is 27.7 Å². The van der Waals surface area contributed by atoms with Gasteiger partial charge in [-0.25, -0.2) is 0 Å². The van der Waals surface area contributed by atoms with E-state index in [1.165, 1.54) is 4.88 Å². The normalized spacial score (nSPS) is 16.4. The monoisotopic (exact) mass is 374 g/mol. The highest BCUT2D eigenvalue weighted by Crippen LogP contribution is 2.25. The van der Waals surface area contributed by atoms with Crippen LogP contribution in [-0.4, -0.2) is 49.8 Å². The van der Waals surface area contributed by atoms with E-state index in [4.69, 9.17) is 9.47 Å². The van der Waals surface area contributed by atoms with Crippen molar-refractivity contribution in [2.45, 2.75) is 26.0 Å². The highest BCUT2D eigenvalue weighted by molar-refractivity contribution is 7.10. The van der Waals surface area contributed by atoms with E-state index in [0.29, 0.717) is 12.1 Å². The van der Waals surface area contributed by atoms with Crippen molar-refractivity contribution >= 4 is 17.2 Å². The number of hydrogen-bond acceptors (Lipinski definition) is 5. The Morgan fingerprint density at radius 1 is 1.23 bits per heavy atom. The zero-order chi connectivity index (χ0) is 18.4. The van der Waals surface area contributed by atoms with E-state index in [1.54, 1.807) is 11.3 Å². The third-order valence-corrected chi connectivity index (χ3v) is 5.28. The fourth-order valence-electron chi connectivity index (χ4n) is 3.03. The van der Waals surface area contributed by atoms with Crippen molar-refractivity contribution in [3.05, 3.63) is 52.2 Å². The average Bonchev–Trinajstić information content (AvgIpc) is 3.17. The molecule has 6 heteroatoms. The highest BCUT2D eigenvalue weighted by Gasteiger charge is 2.24. The predicted molar refractivity (Wildman–Crippen MR) is 104 cm³/mol. The molecule has 1 amide bonds. The first-order chi connectivity index (χ1) is 12.6. The van der Waals surface area contributed by atoms with Crippen LogP contribution in [0.1, 0.15) is 35.1 Å². The fraction of sp³-hybridized carbons (Fsp3) is 0.450. The Morgan fingerprint density at radius 3 is 2.58 bits per heavy atom. The number of ether oxygens (including phenoxy) is 2. The SMILES string of the molecule is CC(C)Oc1ccc(C(=O)NC[C@H](c2cccs2)N2CCOCC2)cc1. The van der Waals surface area contributed by atoms with Crippen LogP contribution in [0.4, 0.5) is 0 Å². The first kappa shape index (κ1) is 18.9. The van der Waals surface area contributed by atoms with Crippen LogP contribution in [0.25, 0.3) is 0 Å². The van der Waals surface area contributed by atoms with Gasteiger partial charge in [0, 0.05) is 30.1 Å². The molecule has 1 aliphatic rings. The molecule has 1 atom stereocenters. The molecule has 2 aromatic rings. The Balaban J connectivity index is 1.62. The minimum absolute atomic E-state index is 0.0593. The number of nitrogens with one attached hydrogen (secondary N) is 1. The summed E-state index contributed by atoms with van der Waals surface area (Å²) in [4.78, 5) is 16.2. The van der Waals surface area contributed by atoms with E-state index in [-0.39, 0.29) is 18.1 Å². The molecule has 1 N–H and O–H groups in total. The highest BCUT2D eigenvalue weighted by atomic mass is 32.1. The van der Waals surface area contributed by atoms with Gasteiger partial charge in [0.15, 0.2) is 0 Å². The van der Waals surface area contributed by atoms with Crippen LogP contribution >= 0.6 is 11.3 Å². The molecule has 0 saturated carbocycles. The van der Waals surface area contributed by atoms with Crippen molar-refractivity contribution in [2.24, 2.45) is 0 Å². The standard InChI is InChI=1S/C20H26N2O3S/c1-15(2)25-17-7-5-16(6-8-17)20(23)21-14-18(19-4-3-13-26-19)22-9-11-24-12-10-22/h3-8,13,15,18H,9-12,14H2,1-2H3,(H,21,23)/t18-/m1/s1. The third-order valence-electron chi connectivity index (χ3n) is 4.30. The summed E-state index contributed by atoms with van der Waals surface area (Å²) in [5.74, 6) is 0.720. The van der Waals surface area contributed by atoms with Gasteiger partial charge in [-0.05, 0) is 49.6 Å². The lowest BCUT2D eigenvalue weighted by Crippen LogP contribution is -2.43. The number of amides is 1. The molecule has 1 fully saturated rings. The molecule has 5 nitrogen and oxygen atoms in total. The van der Waals surface area contributed by atoms with Crippen molar-refractivity contribution in [3.63, 3.8) is 0 Å². The lowest BCUT2D eigenvalue weighted by Gasteiger charge is -2.34. The maximum Gasteiger partial charge on any atom is 0.251 e. The molecule has 0 bridgehead atoms. The lowest BCUT2D eigenvalue weighted by molar-refractivity contribution is 0.0169. The molecule has 140 valence electrons. The zero-order valence-corrected chi connectivity index (χ0v) is 16.1. The maximum atomic E-state index is 12.5. The molecule has 26 heavy (non-hydrogen) atoms. The molecule has 2 heterocycles. The van der Waals surface area contributed by atoms with Gasteiger partial charge in [0.2, 0.25) is 0 Å². The quantitative estimate of drug-likeness (QED) is 0.808. The number of carbonyl (C=O) groups excluding carboxylic acids is 1. The summed E-state index contributed by atoms with van der Waals surface area (Å²) >= 11 is 1.73. The van der Waals surface area contributed by atoms with E-state index in [1.807, 2.05) is 38.1 Å². The Bertz CT molecular complexity index is 680. The van der Waals surface area contributed by atoms with Crippen molar-refractivity contribution in [3.8, 4) is 5.75 Å². The molecular formula is C20H26N2O3S. The Hall–Kier alpha value is -1.89. The van der Waals surface area contributed by atoms with Crippen LogP contribution in [0.5, 0.6) is 5.75 Å². The second kappa shape index (κ2) is 9.16. The molecule has 0 radical (unpaired) electrons. The summed E-state index contributed by atoms with van der Waals surface area (Å²) < 4.78 is 11.1. The maximum absolute atomic E-state index is 12.5. The van der Waals surface area contributed by atoms with Gasteiger partial charge >= 0.3 is 0 Å². The largest absolute Gasteiger partial charge is 0.491 e. The minimum atomic E-state index is -0.0593. The predicted octanol–water partition coefficient (Wildman–Crippen LogP) is 3.34. The van der Waals surface area contributed by atoms with Gasteiger partial charge in [0.05, 0.1) is 25.4 Å². The zero-order valence-electron chi connectivity index (χ0n) is 15.3. The van der Waals surface area contributed by atoms with Crippen molar-refractivity contribution in [1.29, 1.82) is 0 Å². The number of nitrogens with zero attached hydrogens (tertiary/aromatic N) is 1. The van der Waals surface area contributed by atoms with Gasteiger partial charge < -0.3 is 14.8 Å². The van der Waals surface area contributed by atoms with Crippen molar-refractivity contribution in [2.75, 3.05) is 32.8 Å². The van der Waals surface area contributed by atoms with Crippen LogP contribution in [-0.2, 0) is 4.74 Å². The first-order valence-electron chi connectivity index (χ1n) is 9.03. The lowest BCUT2D eigenvalue weighted by atomic mass is 10.1. The Morgan fingerprint density at radius 2 is 1.96 bits per heavy atom. The molecule has 0 aliphatic carbocycles. The molecular weight excluding hydrogens is 348 g/mol. The summed E-state index contributed by atoms with van der Waals surface area (Å²) in [6.45, 7) is 7.82. The van der Waals surface area contributed by atoms with Gasteiger partial charge in [-0.1, -0.05) is 6.07 Å². The summed E-state index contributed by atoms with van der Waals surface area (Å²) in [5.41, 5.74) is 0.646. The molecule has 1 aromatic heterocycles. The number of rotatable bonds is 7. The minimum Gasteiger partial charge on any atom is -0.491 e. The number of benzene rings is 1. The van der Waals surface area contributed by atoms with Gasteiger partial charge in [-0.15, -0.1) is 11.3 Å². The molecule has 1 aliphatic heterocycles. The van der Waals surface area contributed by atoms with E-state index in [9.17, 15) is 4.79 Å². The second-order valence-corrected chi connectivity index (χ2v) is 7.56. The third kappa shape index (κ3) is 5.06. The van der Waals surface area contributed by atoms with Crippen LogP contribution in [0.2, 0.25) is 0 Å². The topological polar surface area (TPSA) is 50.8 Å². The van der Waals surface area contributed by atoms with Gasteiger partial charge in [-0.2, -0.15) is 0 Å². The first-order valence-corrected chi connectivity index (χ1v) is 9.91. The summed E-state index contributed by atoms with van der Waals surface area (Å²) in [6.07, 6.45) is 0.120. The van der Waals surface area contributed by atoms with Gasteiger partial charge in [0.25, 0.3) is 5.91 Å². The smallest absolute Gasteiger partial charge is 0.251 e.